The molecule has 0 saturated heterocycles. The minimum absolute atomic E-state index is 0.102. The molecule has 0 aliphatic carbocycles. The van der Waals surface area contributed by atoms with Crippen molar-refractivity contribution in [3.05, 3.63) is 85.1 Å². The van der Waals surface area contributed by atoms with Gasteiger partial charge in [-0.2, -0.15) is 0 Å². The molecule has 336 valence electrons. The Bertz CT molecular complexity index is 1170. The Kier molecular flexibility index (Phi) is 44.5. The van der Waals surface area contributed by atoms with Crippen molar-refractivity contribution < 1.29 is 28.6 Å². The summed E-state index contributed by atoms with van der Waals surface area (Å²) >= 11 is 0. The Labute approximate surface area is 363 Å². The second-order valence-corrected chi connectivity index (χ2v) is 15.6. The van der Waals surface area contributed by atoms with Gasteiger partial charge in [0.1, 0.15) is 13.2 Å². The van der Waals surface area contributed by atoms with Crippen LogP contribution in [0.25, 0.3) is 0 Å². The van der Waals surface area contributed by atoms with E-state index < -0.39 is 6.10 Å². The van der Waals surface area contributed by atoms with E-state index in [2.05, 4.69) is 106 Å². The van der Waals surface area contributed by atoms with E-state index in [0.717, 1.165) is 96.3 Å². The zero-order valence-electron chi connectivity index (χ0n) is 38.2. The number of allylic oxidation sites excluding steroid dienone is 14. The van der Waals surface area contributed by atoms with Gasteiger partial charge in [-0.3, -0.25) is 14.4 Å². The molecule has 0 spiro atoms. The fraction of sp³-hybridized carbons (Fsp3) is 0.679. The third-order valence-corrected chi connectivity index (χ3v) is 9.88. The maximum atomic E-state index is 12.7. The van der Waals surface area contributed by atoms with E-state index in [9.17, 15) is 14.4 Å². The predicted octanol–water partition coefficient (Wildman–Crippen LogP) is 15.6. The number of esters is 3. The molecule has 0 amide bonds. The van der Waals surface area contributed by atoms with E-state index in [0.29, 0.717) is 19.3 Å². The Morgan fingerprint density at radius 1 is 0.356 bits per heavy atom. The number of carbonyl (C=O) groups is 3. The first-order valence-corrected chi connectivity index (χ1v) is 24.1. The second-order valence-electron chi connectivity index (χ2n) is 15.6. The molecular weight excluding hydrogens is 733 g/mol. The van der Waals surface area contributed by atoms with Crippen LogP contribution in [0.1, 0.15) is 213 Å². The first-order valence-electron chi connectivity index (χ1n) is 24.1. The molecule has 0 N–H and O–H groups in total. The van der Waals surface area contributed by atoms with Crippen LogP contribution in [-0.2, 0) is 28.6 Å². The molecule has 6 nitrogen and oxygen atoms in total. The molecule has 0 saturated carbocycles. The van der Waals surface area contributed by atoms with Crippen molar-refractivity contribution in [1.29, 1.82) is 0 Å². The second kappa shape index (κ2) is 47.3. The number of carbonyl (C=O) groups excluding carboxylic acids is 3. The summed E-state index contributed by atoms with van der Waals surface area (Å²) in [7, 11) is 0. The summed E-state index contributed by atoms with van der Waals surface area (Å²) < 4.78 is 16.7. The molecule has 0 aromatic heterocycles. The quantitative estimate of drug-likeness (QED) is 0.0264. The highest BCUT2D eigenvalue weighted by atomic mass is 16.6. The molecule has 1 atom stereocenters. The number of hydrogen-bond acceptors (Lipinski definition) is 6. The molecule has 6 heteroatoms. The van der Waals surface area contributed by atoms with Crippen LogP contribution in [0.2, 0.25) is 0 Å². The van der Waals surface area contributed by atoms with Gasteiger partial charge in [0.2, 0.25) is 0 Å². The molecule has 0 radical (unpaired) electrons. The smallest absolute Gasteiger partial charge is 0.306 e. The first kappa shape index (κ1) is 55.6. The van der Waals surface area contributed by atoms with E-state index in [1.807, 2.05) is 0 Å². The van der Waals surface area contributed by atoms with Gasteiger partial charge in [-0.1, -0.05) is 189 Å². The molecule has 0 aromatic rings. The van der Waals surface area contributed by atoms with E-state index in [1.54, 1.807) is 0 Å². The minimum atomic E-state index is -0.807. The summed E-state index contributed by atoms with van der Waals surface area (Å²) in [6, 6.07) is 0. The zero-order chi connectivity index (χ0) is 43.0. The summed E-state index contributed by atoms with van der Waals surface area (Å²) in [5.74, 6) is -0.990. The lowest BCUT2D eigenvalue weighted by atomic mass is 10.1. The summed E-state index contributed by atoms with van der Waals surface area (Å²) in [5, 5.41) is 0. The van der Waals surface area contributed by atoms with E-state index in [-0.39, 0.29) is 37.5 Å². The Morgan fingerprint density at radius 3 is 1.14 bits per heavy atom. The van der Waals surface area contributed by atoms with Gasteiger partial charge < -0.3 is 14.2 Å². The molecule has 0 rings (SSSR count). The highest BCUT2D eigenvalue weighted by Crippen LogP contribution is 2.13. The van der Waals surface area contributed by atoms with Crippen molar-refractivity contribution in [2.75, 3.05) is 13.2 Å². The predicted molar refractivity (Wildman–Crippen MR) is 251 cm³/mol. The molecule has 59 heavy (non-hydrogen) atoms. The number of rotatable bonds is 42. The fourth-order valence-electron chi connectivity index (χ4n) is 6.27. The van der Waals surface area contributed by atoms with Crippen LogP contribution in [0.5, 0.6) is 0 Å². The fourth-order valence-corrected chi connectivity index (χ4v) is 6.27. The van der Waals surface area contributed by atoms with E-state index >= 15 is 0 Å². The summed E-state index contributed by atoms with van der Waals surface area (Å²) in [4.78, 5) is 37.8. The van der Waals surface area contributed by atoms with Gasteiger partial charge in [-0.05, 0) is 89.9 Å². The molecule has 0 aliphatic heterocycles. The monoisotopic (exact) mass is 821 g/mol. The average Bonchev–Trinajstić information content (AvgIpc) is 3.23. The standard InChI is InChI=1S/C53H88O6/c1-4-7-10-13-16-19-22-24-26-27-28-30-31-34-37-40-43-46-52(55)58-49-50(48-57-51(54)45-42-39-36-33-21-18-15-12-9-6-3)59-53(56)47-44-41-38-35-32-29-25-23-20-17-14-11-8-5-2/h8,11,16-17,19-20,24-26,28-30,34,37,50H,4-7,9-10,12-15,18,21-23,27,31-33,35-36,38-49H2,1-3H3/b11-8-,19-16-,20-17-,26-24-,29-25-,30-28-,37-34-. The van der Waals surface area contributed by atoms with Crippen molar-refractivity contribution in [2.24, 2.45) is 0 Å². The lowest BCUT2D eigenvalue weighted by molar-refractivity contribution is -0.167. The summed E-state index contributed by atoms with van der Waals surface area (Å²) in [6.07, 6.45) is 60.0. The van der Waals surface area contributed by atoms with E-state index in [4.69, 9.17) is 14.2 Å². The largest absolute Gasteiger partial charge is 0.462 e. The lowest BCUT2D eigenvalue weighted by Crippen LogP contribution is -2.30. The van der Waals surface area contributed by atoms with Crippen molar-refractivity contribution in [1.82, 2.24) is 0 Å². The van der Waals surface area contributed by atoms with Crippen molar-refractivity contribution in [2.45, 2.75) is 219 Å². The van der Waals surface area contributed by atoms with Crippen LogP contribution >= 0.6 is 0 Å². The average molecular weight is 821 g/mol. The van der Waals surface area contributed by atoms with Gasteiger partial charge in [0.05, 0.1) is 0 Å². The lowest BCUT2D eigenvalue weighted by Gasteiger charge is -2.18. The zero-order valence-corrected chi connectivity index (χ0v) is 38.2. The van der Waals surface area contributed by atoms with Crippen LogP contribution in [0.4, 0.5) is 0 Å². The molecule has 0 aliphatic rings. The number of unbranched alkanes of at least 4 members (excludes halogenated alkanes) is 17. The third-order valence-electron chi connectivity index (χ3n) is 9.88. The number of hydrogen-bond donors (Lipinski definition) is 0. The number of ether oxygens (including phenoxy) is 3. The maximum Gasteiger partial charge on any atom is 0.306 e. The summed E-state index contributed by atoms with van der Waals surface area (Å²) in [6.45, 7) is 6.40. The van der Waals surface area contributed by atoms with Gasteiger partial charge in [-0.15, -0.1) is 0 Å². The van der Waals surface area contributed by atoms with Gasteiger partial charge in [0.25, 0.3) is 0 Å². The van der Waals surface area contributed by atoms with Gasteiger partial charge in [0, 0.05) is 19.3 Å². The Balaban J connectivity index is 4.50. The minimum Gasteiger partial charge on any atom is -0.462 e. The van der Waals surface area contributed by atoms with Gasteiger partial charge >= 0.3 is 17.9 Å². The van der Waals surface area contributed by atoms with Crippen molar-refractivity contribution in [3.63, 3.8) is 0 Å². The van der Waals surface area contributed by atoms with E-state index in [1.165, 1.54) is 70.6 Å². The molecule has 0 bridgehead atoms. The van der Waals surface area contributed by atoms with Gasteiger partial charge in [-0.25, -0.2) is 0 Å². The Hall–Kier alpha value is -3.41. The third kappa shape index (κ3) is 45.5. The normalized spacial score (nSPS) is 12.8. The van der Waals surface area contributed by atoms with Crippen LogP contribution in [-0.4, -0.2) is 37.2 Å². The highest BCUT2D eigenvalue weighted by molar-refractivity contribution is 5.71. The highest BCUT2D eigenvalue weighted by Gasteiger charge is 2.19. The van der Waals surface area contributed by atoms with Crippen LogP contribution in [0.15, 0.2) is 85.1 Å². The molecule has 0 aromatic carbocycles. The van der Waals surface area contributed by atoms with Crippen LogP contribution < -0.4 is 0 Å². The summed E-state index contributed by atoms with van der Waals surface area (Å²) in [5.41, 5.74) is 0. The molecular formula is C53H88O6. The van der Waals surface area contributed by atoms with Crippen molar-refractivity contribution >= 4 is 17.9 Å². The maximum absolute atomic E-state index is 12.7. The molecule has 0 heterocycles. The van der Waals surface area contributed by atoms with Crippen molar-refractivity contribution in [3.8, 4) is 0 Å². The molecule has 0 fully saturated rings. The van der Waals surface area contributed by atoms with Gasteiger partial charge in [0.15, 0.2) is 6.10 Å². The molecule has 1 unspecified atom stereocenters. The van der Waals surface area contributed by atoms with Crippen LogP contribution in [0, 0.1) is 0 Å². The Morgan fingerprint density at radius 2 is 0.678 bits per heavy atom. The SMILES string of the molecule is CC/C=C\C/C=C\C/C=C\CCCCCCC(=O)OC(COC(=O)CCC/C=C\C/C=C\C/C=C\C/C=C\CCCCC)COC(=O)CCCCCCCCCCCC. The topological polar surface area (TPSA) is 78.9 Å². The van der Waals surface area contributed by atoms with Crippen LogP contribution in [0.3, 0.4) is 0 Å². The first-order chi connectivity index (χ1) is 29.0.